The smallest absolute Gasteiger partial charge is 0.306 e. The summed E-state index contributed by atoms with van der Waals surface area (Å²) in [5.41, 5.74) is 0. The lowest BCUT2D eigenvalue weighted by Gasteiger charge is -2.42. The van der Waals surface area contributed by atoms with Crippen molar-refractivity contribution in [2.75, 3.05) is 33.0 Å². The fourth-order valence-electron chi connectivity index (χ4n) is 8.76. The third-order valence-corrected chi connectivity index (χ3v) is 13.1. The highest BCUT2D eigenvalue weighted by Gasteiger charge is 2.47. The van der Waals surface area contributed by atoms with E-state index < -0.39 is 80.7 Å². The van der Waals surface area contributed by atoms with E-state index in [1.807, 2.05) is 0 Å². The third-order valence-electron chi connectivity index (χ3n) is 13.1. The molecule has 0 aliphatic carbocycles. The summed E-state index contributed by atoms with van der Waals surface area (Å²) >= 11 is 0. The maximum Gasteiger partial charge on any atom is 0.306 e. The zero-order valence-corrected chi connectivity index (χ0v) is 41.0. The standard InChI is InChI=1S/C51H98O14/c1-3-5-7-9-11-13-15-16-17-18-19-20-21-22-23-25-27-29-31-33-35-60-37-40(63-43(53)34-32-30-28-26-24-14-12-10-8-6-4-2)38-61-50-49(59)47(57)45(55)42(65-50)39-62-51-48(58)46(56)44(54)41(36-52)64-51/h40-42,44-52,54-59H,3-39H2,1-2H3. The van der Waals surface area contributed by atoms with Crippen LogP contribution in [0.5, 0.6) is 0 Å². The highest BCUT2D eigenvalue weighted by molar-refractivity contribution is 5.69. The van der Waals surface area contributed by atoms with Crippen LogP contribution in [0, 0.1) is 0 Å². The Hall–Kier alpha value is -1.01. The lowest BCUT2D eigenvalue weighted by atomic mass is 9.98. The van der Waals surface area contributed by atoms with Crippen molar-refractivity contribution in [3.63, 3.8) is 0 Å². The number of carbonyl (C=O) groups is 1. The number of ether oxygens (including phenoxy) is 6. The molecule has 0 spiro atoms. The molecule has 65 heavy (non-hydrogen) atoms. The molecule has 11 unspecified atom stereocenters. The number of esters is 1. The third kappa shape index (κ3) is 27.7. The Kier molecular flexibility index (Phi) is 36.8. The van der Waals surface area contributed by atoms with E-state index in [0.29, 0.717) is 13.0 Å². The minimum atomic E-state index is -1.70. The van der Waals surface area contributed by atoms with Gasteiger partial charge in [-0.15, -0.1) is 0 Å². The van der Waals surface area contributed by atoms with Crippen LogP contribution in [0.15, 0.2) is 0 Å². The monoisotopic (exact) mass is 935 g/mol. The molecule has 0 aromatic heterocycles. The number of carbonyl (C=O) groups excluding carboxylic acids is 1. The molecule has 2 heterocycles. The lowest BCUT2D eigenvalue weighted by molar-refractivity contribution is -0.332. The summed E-state index contributed by atoms with van der Waals surface area (Å²) in [6.07, 6.45) is 23.2. The number of rotatable bonds is 43. The quantitative estimate of drug-likeness (QED) is 0.0228. The van der Waals surface area contributed by atoms with Gasteiger partial charge in [0.25, 0.3) is 0 Å². The van der Waals surface area contributed by atoms with Crippen LogP contribution in [0.3, 0.4) is 0 Å². The molecular formula is C51H98O14. The first-order valence-corrected chi connectivity index (χ1v) is 26.6. The predicted octanol–water partition coefficient (Wildman–Crippen LogP) is 8.08. The van der Waals surface area contributed by atoms with E-state index in [1.54, 1.807) is 0 Å². The van der Waals surface area contributed by atoms with Gasteiger partial charge in [-0.3, -0.25) is 4.79 Å². The topological polar surface area (TPSA) is 214 Å². The van der Waals surface area contributed by atoms with Gasteiger partial charge in [-0.25, -0.2) is 0 Å². The first-order valence-electron chi connectivity index (χ1n) is 26.6. The van der Waals surface area contributed by atoms with Crippen molar-refractivity contribution in [2.45, 2.75) is 287 Å². The van der Waals surface area contributed by atoms with Crippen LogP contribution in [0.4, 0.5) is 0 Å². The van der Waals surface area contributed by atoms with E-state index >= 15 is 0 Å². The first-order chi connectivity index (χ1) is 31.6. The van der Waals surface area contributed by atoms with Crippen molar-refractivity contribution in [1.29, 1.82) is 0 Å². The van der Waals surface area contributed by atoms with Crippen molar-refractivity contribution < 1.29 is 69.0 Å². The fraction of sp³-hybridized carbons (Fsp3) is 0.980. The molecule has 2 aliphatic rings. The number of aliphatic hydroxyl groups excluding tert-OH is 7. The molecule has 0 saturated carbocycles. The van der Waals surface area contributed by atoms with Crippen LogP contribution in [-0.2, 0) is 33.2 Å². The Balaban J connectivity index is 1.71. The molecule has 0 aromatic carbocycles. The van der Waals surface area contributed by atoms with Gasteiger partial charge in [0.15, 0.2) is 12.6 Å². The predicted molar refractivity (Wildman–Crippen MR) is 252 cm³/mol. The largest absolute Gasteiger partial charge is 0.457 e. The molecule has 7 N–H and O–H groups in total. The van der Waals surface area contributed by atoms with E-state index in [9.17, 15) is 40.5 Å². The molecule has 0 radical (unpaired) electrons. The molecule has 11 atom stereocenters. The fourth-order valence-corrected chi connectivity index (χ4v) is 8.76. The number of unbranched alkanes of at least 4 members (excludes halogenated alkanes) is 29. The van der Waals surface area contributed by atoms with E-state index in [-0.39, 0.29) is 25.6 Å². The van der Waals surface area contributed by atoms with E-state index in [0.717, 1.165) is 38.5 Å². The molecule has 14 heteroatoms. The highest BCUT2D eigenvalue weighted by Crippen LogP contribution is 2.27. The average Bonchev–Trinajstić information content (AvgIpc) is 3.30. The van der Waals surface area contributed by atoms with Gasteiger partial charge in [0.05, 0.1) is 26.4 Å². The van der Waals surface area contributed by atoms with E-state index in [2.05, 4.69) is 13.8 Å². The molecule has 0 aromatic rings. The minimum Gasteiger partial charge on any atom is -0.457 e. The Bertz CT molecular complexity index is 1090. The van der Waals surface area contributed by atoms with Crippen LogP contribution in [0.1, 0.15) is 219 Å². The molecule has 0 amide bonds. The lowest BCUT2D eigenvalue weighted by Crippen LogP contribution is -2.61. The number of aliphatic hydroxyl groups is 7. The highest BCUT2D eigenvalue weighted by atomic mass is 16.7. The molecule has 0 bridgehead atoms. The maximum atomic E-state index is 13.0. The number of hydrogen-bond donors (Lipinski definition) is 7. The van der Waals surface area contributed by atoms with E-state index in [1.165, 1.54) is 154 Å². The van der Waals surface area contributed by atoms with Gasteiger partial charge < -0.3 is 64.2 Å². The molecule has 14 nitrogen and oxygen atoms in total. The molecule has 386 valence electrons. The normalized spacial score (nSPS) is 26.4. The molecule has 2 fully saturated rings. The van der Waals surface area contributed by atoms with Gasteiger partial charge in [0.2, 0.25) is 0 Å². The second kappa shape index (κ2) is 39.8. The van der Waals surface area contributed by atoms with E-state index in [4.69, 9.17) is 28.4 Å². The molecular weight excluding hydrogens is 837 g/mol. The van der Waals surface area contributed by atoms with Crippen LogP contribution >= 0.6 is 0 Å². The molecule has 2 rings (SSSR count). The molecule has 2 saturated heterocycles. The maximum absolute atomic E-state index is 13.0. The number of hydrogen-bond acceptors (Lipinski definition) is 14. The summed E-state index contributed by atoms with van der Waals surface area (Å²) in [5, 5.41) is 72.1. The van der Waals surface area contributed by atoms with Crippen molar-refractivity contribution in [3.8, 4) is 0 Å². The van der Waals surface area contributed by atoms with Crippen LogP contribution < -0.4 is 0 Å². The summed E-state index contributed by atoms with van der Waals surface area (Å²) in [4.78, 5) is 13.0. The van der Waals surface area contributed by atoms with Gasteiger partial charge in [-0.2, -0.15) is 0 Å². The average molecular weight is 935 g/mol. The van der Waals surface area contributed by atoms with Crippen LogP contribution in [0.25, 0.3) is 0 Å². The van der Waals surface area contributed by atoms with Gasteiger partial charge >= 0.3 is 5.97 Å². The summed E-state index contributed by atoms with van der Waals surface area (Å²) in [5.74, 6) is -0.372. The van der Waals surface area contributed by atoms with Gasteiger partial charge in [0.1, 0.15) is 54.9 Å². The molecule has 2 aliphatic heterocycles. The second-order valence-electron chi connectivity index (χ2n) is 19.1. The second-order valence-corrected chi connectivity index (χ2v) is 19.1. The Morgan fingerprint density at radius 1 is 0.446 bits per heavy atom. The summed E-state index contributed by atoms with van der Waals surface area (Å²) in [6.45, 7) is 3.73. The zero-order valence-electron chi connectivity index (χ0n) is 41.0. The van der Waals surface area contributed by atoms with Crippen molar-refractivity contribution in [2.24, 2.45) is 0 Å². The van der Waals surface area contributed by atoms with Crippen LogP contribution in [0.2, 0.25) is 0 Å². The minimum absolute atomic E-state index is 0.0702. The van der Waals surface area contributed by atoms with Crippen LogP contribution in [-0.4, -0.2) is 142 Å². The Morgan fingerprint density at radius 3 is 1.25 bits per heavy atom. The van der Waals surface area contributed by atoms with Crippen molar-refractivity contribution >= 4 is 5.97 Å². The Labute approximate surface area is 393 Å². The first kappa shape index (κ1) is 60.1. The summed E-state index contributed by atoms with van der Waals surface area (Å²) in [6, 6.07) is 0. The Morgan fingerprint density at radius 2 is 0.815 bits per heavy atom. The van der Waals surface area contributed by atoms with Gasteiger partial charge in [0, 0.05) is 13.0 Å². The SMILES string of the molecule is CCCCCCCCCCCCCCCCCCCCCCOCC(COC1OC(COC2OC(CO)C(O)C(O)C2O)C(O)C(O)C1O)OC(=O)CCCCCCCCCCCCC. The van der Waals surface area contributed by atoms with Crippen molar-refractivity contribution in [1.82, 2.24) is 0 Å². The van der Waals surface area contributed by atoms with Crippen molar-refractivity contribution in [3.05, 3.63) is 0 Å². The summed E-state index contributed by atoms with van der Waals surface area (Å²) in [7, 11) is 0. The zero-order chi connectivity index (χ0) is 47.3. The van der Waals surface area contributed by atoms with Gasteiger partial charge in [-0.1, -0.05) is 200 Å². The summed E-state index contributed by atoms with van der Waals surface area (Å²) < 4.78 is 34.3. The van der Waals surface area contributed by atoms with Gasteiger partial charge in [-0.05, 0) is 12.8 Å².